The predicted octanol–water partition coefficient (Wildman–Crippen LogP) is 0.750. The number of aliphatic hydroxyl groups is 1. The van der Waals surface area contributed by atoms with Gasteiger partial charge < -0.3 is 28.2 Å². The lowest BCUT2D eigenvalue weighted by atomic mass is 9.98. The van der Waals surface area contributed by atoms with Crippen LogP contribution in [-0.2, 0) is 23.0 Å². The van der Waals surface area contributed by atoms with Crippen LogP contribution in [0, 0.1) is 11.3 Å². The van der Waals surface area contributed by atoms with Gasteiger partial charge in [-0.3, -0.25) is 14.3 Å². The fourth-order valence-electron chi connectivity index (χ4n) is 2.72. The molecule has 0 aliphatic carbocycles. The topological polar surface area (TPSA) is 145 Å². The standard InChI is InChI=1S/C17H25FN3O8P/c1-17(18)14(23)12(29-15(17)21-7-5-13(22)20-16(21)24)11-28-30(26-9-3-6-19)27-10-4-8-25-2/h5,7,12,14-15,23H,3-4,8-11H2,1-2H3,(H,20,22,24). The second kappa shape index (κ2) is 11.6. The summed E-state index contributed by atoms with van der Waals surface area (Å²) in [5, 5.41) is 19.0. The lowest BCUT2D eigenvalue weighted by molar-refractivity contribution is -0.0602. The Bertz CT molecular complexity index is 826. The Morgan fingerprint density at radius 3 is 2.77 bits per heavy atom. The van der Waals surface area contributed by atoms with E-state index in [0.717, 1.165) is 23.8 Å². The zero-order chi connectivity index (χ0) is 22.1. The highest BCUT2D eigenvalue weighted by molar-refractivity contribution is 7.41. The molecule has 0 radical (unpaired) electrons. The number of methoxy groups -OCH3 is 1. The summed E-state index contributed by atoms with van der Waals surface area (Å²) in [6, 6.07) is 2.98. The van der Waals surface area contributed by atoms with Crippen molar-refractivity contribution in [3.05, 3.63) is 33.1 Å². The monoisotopic (exact) mass is 449 g/mol. The lowest BCUT2D eigenvalue weighted by Crippen LogP contribution is -2.43. The van der Waals surface area contributed by atoms with E-state index >= 15 is 4.39 Å². The van der Waals surface area contributed by atoms with Crippen LogP contribution >= 0.6 is 8.60 Å². The third-order valence-corrected chi connectivity index (χ3v) is 5.41. The maximum absolute atomic E-state index is 15.2. The molecule has 0 aromatic carbocycles. The third kappa shape index (κ3) is 6.39. The van der Waals surface area contributed by atoms with Crippen LogP contribution in [0.1, 0.15) is 26.0 Å². The van der Waals surface area contributed by atoms with Crippen molar-refractivity contribution in [3.8, 4) is 6.07 Å². The number of nitriles is 1. The minimum Gasteiger partial charge on any atom is -0.387 e. The molecule has 0 spiro atoms. The number of nitrogens with one attached hydrogen (secondary N) is 1. The highest BCUT2D eigenvalue weighted by Gasteiger charge is 2.55. The van der Waals surface area contributed by atoms with Crippen LogP contribution in [0.3, 0.4) is 0 Å². The van der Waals surface area contributed by atoms with Gasteiger partial charge in [-0.25, -0.2) is 9.18 Å². The fourth-order valence-corrected chi connectivity index (χ4v) is 3.73. The van der Waals surface area contributed by atoms with Gasteiger partial charge in [-0.1, -0.05) is 0 Å². The number of aliphatic hydroxyl groups excluding tert-OH is 1. The van der Waals surface area contributed by atoms with Crippen molar-refractivity contribution in [2.75, 3.05) is 33.5 Å². The number of H-pyrrole nitrogens is 1. The summed E-state index contributed by atoms with van der Waals surface area (Å²) in [5.74, 6) is 0. The van der Waals surface area contributed by atoms with Crippen molar-refractivity contribution in [3.63, 3.8) is 0 Å². The van der Waals surface area contributed by atoms with E-state index in [9.17, 15) is 14.7 Å². The summed E-state index contributed by atoms with van der Waals surface area (Å²) in [4.78, 5) is 25.2. The summed E-state index contributed by atoms with van der Waals surface area (Å²) in [6.45, 7) is 1.64. The first kappa shape index (κ1) is 24.6. The Hall–Kier alpha value is -1.71. The van der Waals surface area contributed by atoms with E-state index in [0.29, 0.717) is 13.0 Å². The van der Waals surface area contributed by atoms with E-state index in [1.165, 1.54) is 0 Å². The smallest absolute Gasteiger partial charge is 0.332 e. The molecule has 1 aliphatic heterocycles. The van der Waals surface area contributed by atoms with Crippen molar-refractivity contribution in [1.82, 2.24) is 9.55 Å². The summed E-state index contributed by atoms with van der Waals surface area (Å²) in [5.41, 5.74) is -3.84. The number of alkyl halides is 1. The van der Waals surface area contributed by atoms with Crippen LogP contribution in [0.5, 0.6) is 0 Å². The Balaban J connectivity index is 2.02. The molecule has 1 aliphatic rings. The minimum atomic E-state index is -2.33. The van der Waals surface area contributed by atoms with Gasteiger partial charge in [0.25, 0.3) is 5.56 Å². The minimum absolute atomic E-state index is 0.0801. The Kier molecular flexibility index (Phi) is 9.51. The van der Waals surface area contributed by atoms with Crippen molar-refractivity contribution in [1.29, 1.82) is 5.26 Å². The van der Waals surface area contributed by atoms with E-state index in [4.69, 9.17) is 28.3 Å². The molecule has 30 heavy (non-hydrogen) atoms. The lowest BCUT2D eigenvalue weighted by Gasteiger charge is -2.24. The largest absolute Gasteiger partial charge is 0.387 e. The molecule has 11 nitrogen and oxygen atoms in total. The third-order valence-electron chi connectivity index (χ3n) is 4.27. The molecule has 2 heterocycles. The Labute approximate surface area is 173 Å². The first-order valence-electron chi connectivity index (χ1n) is 9.20. The summed E-state index contributed by atoms with van der Waals surface area (Å²) in [7, 11) is -0.315. The van der Waals surface area contributed by atoms with Crippen LogP contribution in [0.4, 0.5) is 4.39 Å². The number of halogens is 1. The van der Waals surface area contributed by atoms with Crippen LogP contribution in [0.2, 0.25) is 0 Å². The molecule has 2 N–H and O–H groups in total. The molecular weight excluding hydrogens is 424 g/mol. The molecule has 1 saturated heterocycles. The molecular formula is C17H25FN3O8P. The van der Waals surface area contributed by atoms with E-state index in [-0.39, 0.29) is 26.2 Å². The van der Waals surface area contributed by atoms with Gasteiger partial charge in [0.15, 0.2) is 11.9 Å². The molecule has 5 unspecified atom stereocenters. The van der Waals surface area contributed by atoms with Crippen molar-refractivity contribution >= 4 is 8.60 Å². The molecule has 0 bridgehead atoms. The molecule has 0 saturated carbocycles. The quantitative estimate of drug-likeness (QED) is 0.349. The zero-order valence-electron chi connectivity index (χ0n) is 16.7. The molecule has 13 heteroatoms. The number of hydrogen-bond acceptors (Lipinski definition) is 9. The van der Waals surface area contributed by atoms with E-state index in [1.807, 2.05) is 11.1 Å². The van der Waals surface area contributed by atoms with Gasteiger partial charge in [-0.2, -0.15) is 5.26 Å². The highest BCUT2D eigenvalue weighted by atomic mass is 31.2. The zero-order valence-corrected chi connectivity index (χ0v) is 17.5. The van der Waals surface area contributed by atoms with Crippen LogP contribution in [0.15, 0.2) is 21.9 Å². The molecule has 2 rings (SSSR count). The first-order chi connectivity index (χ1) is 14.3. The Morgan fingerprint density at radius 2 is 2.10 bits per heavy atom. The van der Waals surface area contributed by atoms with Crippen LogP contribution in [0.25, 0.3) is 0 Å². The predicted molar refractivity (Wildman–Crippen MR) is 102 cm³/mol. The van der Waals surface area contributed by atoms with Gasteiger partial charge in [-0.15, -0.1) is 0 Å². The van der Waals surface area contributed by atoms with Gasteiger partial charge in [0.1, 0.15) is 12.2 Å². The van der Waals surface area contributed by atoms with Crippen LogP contribution < -0.4 is 11.2 Å². The number of hydrogen-bond donors (Lipinski definition) is 2. The van der Waals surface area contributed by atoms with E-state index < -0.39 is 44.0 Å². The molecule has 1 aromatic rings. The van der Waals surface area contributed by atoms with Gasteiger partial charge in [0, 0.05) is 26.0 Å². The number of aromatic nitrogens is 2. The van der Waals surface area contributed by atoms with Gasteiger partial charge in [-0.05, 0) is 13.3 Å². The number of aromatic amines is 1. The van der Waals surface area contributed by atoms with Gasteiger partial charge in [0.05, 0.1) is 32.3 Å². The molecule has 0 amide bonds. The van der Waals surface area contributed by atoms with Gasteiger partial charge >= 0.3 is 14.3 Å². The van der Waals surface area contributed by atoms with Crippen molar-refractivity contribution < 1.29 is 32.5 Å². The molecule has 168 valence electrons. The second-order valence-electron chi connectivity index (χ2n) is 6.58. The van der Waals surface area contributed by atoms with Crippen LogP contribution in [-0.4, -0.2) is 66.1 Å². The maximum Gasteiger partial charge on any atom is 0.332 e. The normalized spacial score (nSPS) is 27.1. The average Bonchev–Trinajstić information content (AvgIpc) is 2.92. The molecule has 1 fully saturated rings. The maximum atomic E-state index is 15.2. The Morgan fingerprint density at radius 1 is 1.37 bits per heavy atom. The summed E-state index contributed by atoms with van der Waals surface area (Å²) >= 11 is 0. The van der Waals surface area contributed by atoms with E-state index in [1.54, 1.807) is 7.11 Å². The summed E-state index contributed by atoms with van der Waals surface area (Å²) < 4.78 is 42.9. The molecule has 5 atom stereocenters. The van der Waals surface area contributed by atoms with Crippen molar-refractivity contribution in [2.45, 2.75) is 43.9 Å². The number of rotatable bonds is 12. The first-order valence-corrected chi connectivity index (χ1v) is 10.3. The van der Waals surface area contributed by atoms with E-state index in [2.05, 4.69) is 0 Å². The molecule has 1 aromatic heterocycles. The average molecular weight is 449 g/mol. The summed E-state index contributed by atoms with van der Waals surface area (Å²) in [6.07, 6.45) is -2.41. The number of ether oxygens (including phenoxy) is 2. The highest BCUT2D eigenvalue weighted by Crippen LogP contribution is 2.44. The second-order valence-corrected chi connectivity index (χ2v) is 7.80. The fraction of sp³-hybridized carbons (Fsp3) is 0.706. The SMILES string of the molecule is COCCCOP(OCCC#N)OCC1OC(n2ccc(=O)[nH]c2=O)C(C)(F)C1O. The number of nitrogens with zero attached hydrogens (tertiary/aromatic N) is 2. The van der Waals surface area contributed by atoms with Gasteiger partial charge in [0.2, 0.25) is 0 Å². The van der Waals surface area contributed by atoms with Crippen molar-refractivity contribution in [2.24, 2.45) is 0 Å².